The number of unbranched alkanes of at least 4 members (excludes halogenated alkanes) is 7. The standard InChI is InChI=1S/C12H24O/c1-3-4-5-6-7-8-9-10-11-12(2)13/h12H,2-11H2,1H3. The van der Waals surface area contributed by atoms with Gasteiger partial charge in [0.1, 0.15) is 0 Å². The van der Waals surface area contributed by atoms with E-state index in [0.29, 0.717) is 0 Å². The van der Waals surface area contributed by atoms with Gasteiger partial charge in [0.25, 0.3) is 0 Å². The zero-order valence-electron chi connectivity index (χ0n) is 9.06. The van der Waals surface area contributed by atoms with Crippen LogP contribution in [0.1, 0.15) is 64.7 Å². The number of rotatable bonds is 9. The Labute approximate surface area is 83.5 Å². The van der Waals surface area contributed by atoms with Crippen molar-refractivity contribution in [2.45, 2.75) is 70.8 Å². The van der Waals surface area contributed by atoms with E-state index < -0.39 is 6.10 Å². The first kappa shape index (κ1) is 13.0. The van der Waals surface area contributed by atoms with Crippen molar-refractivity contribution in [1.82, 2.24) is 0 Å². The topological polar surface area (TPSA) is 19.9 Å². The van der Waals surface area contributed by atoms with Gasteiger partial charge in [-0.2, -0.15) is 0 Å². The average molecular weight is 184 g/mol. The molecule has 0 spiro atoms. The van der Waals surface area contributed by atoms with Crippen molar-refractivity contribution in [2.75, 3.05) is 0 Å². The molecule has 1 heteroatoms. The summed E-state index contributed by atoms with van der Waals surface area (Å²) in [4.78, 5) is 0. The van der Waals surface area contributed by atoms with Gasteiger partial charge in [-0.05, 0) is 13.3 Å². The van der Waals surface area contributed by atoms with Crippen LogP contribution in [0.4, 0.5) is 0 Å². The number of hydrogen-bond acceptors (Lipinski definition) is 0. The molecule has 1 unspecified atom stereocenters. The van der Waals surface area contributed by atoms with Crippen LogP contribution in [0.3, 0.4) is 0 Å². The second-order valence-electron chi connectivity index (χ2n) is 3.89. The molecule has 1 atom stereocenters. The van der Waals surface area contributed by atoms with Crippen molar-refractivity contribution >= 4 is 0 Å². The first-order valence-electron chi connectivity index (χ1n) is 5.76. The zero-order chi connectivity index (χ0) is 9.94. The molecule has 0 saturated heterocycles. The minimum Gasteiger partial charge on any atom is -0.233 e. The van der Waals surface area contributed by atoms with Gasteiger partial charge in [0.15, 0.2) is 0 Å². The average Bonchev–Trinajstić information content (AvgIpc) is 2.09. The fourth-order valence-electron chi connectivity index (χ4n) is 1.51. The quantitative estimate of drug-likeness (QED) is 0.480. The third kappa shape index (κ3) is 12.0. The summed E-state index contributed by atoms with van der Waals surface area (Å²) in [6.45, 7) is 5.68. The lowest BCUT2D eigenvalue weighted by molar-refractivity contribution is 0.117. The number of hydrogen-bond donors (Lipinski definition) is 0. The monoisotopic (exact) mass is 184 g/mol. The Balaban J connectivity index is 2.84. The Kier molecular flexibility index (Phi) is 10.0. The third-order valence-corrected chi connectivity index (χ3v) is 2.38. The molecule has 0 aliphatic heterocycles. The molecule has 2 radical (unpaired) electrons. The largest absolute Gasteiger partial charge is 0.233 e. The second kappa shape index (κ2) is 10.0. The van der Waals surface area contributed by atoms with Gasteiger partial charge in [-0.25, -0.2) is 5.11 Å². The summed E-state index contributed by atoms with van der Waals surface area (Å²) in [5, 5.41) is 10.6. The summed E-state index contributed by atoms with van der Waals surface area (Å²) in [6, 6.07) is 0. The molecule has 0 bridgehead atoms. The van der Waals surface area contributed by atoms with Gasteiger partial charge in [0, 0.05) is 0 Å². The van der Waals surface area contributed by atoms with Crippen LogP contribution in [0.15, 0.2) is 0 Å². The molecule has 0 aromatic rings. The second-order valence-corrected chi connectivity index (χ2v) is 3.89. The molecule has 0 aromatic heterocycles. The molecule has 0 rings (SSSR count). The zero-order valence-corrected chi connectivity index (χ0v) is 9.06. The van der Waals surface area contributed by atoms with Gasteiger partial charge in [-0.1, -0.05) is 58.3 Å². The maximum Gasteiger partial charge on any atom is 0.0931 e. The van der Waals surface area contributed by atoms with Crippen molar-refractivity contribution in [3.05, 3.63) is 6.92 Å². The normalized spacial score (nSPS) is 13.2. The summed E-state index contributed by atoms with van der Waals surface area (Å²) in [5.41, 5.74) is 0. The summed E-state index contributed by atoms with van der Waals surface area (Å²) >= 11 is 0. The van der Waals surface area contributed by atoms with E-state index in [1.54, 1.807) is 0 Å². The molecule has 0 aromatic carbocycles. The summed E-state index contributed by atoms with van der Waals surface area (Å²) in [7, 11) is 0. The van der Waals surface area contributed by atoms with Crippen LogP contribution >= 0.6 is 0 Å². The first-order valence-corrected chi connectivity index (χ1v) is 5.76. The Morgan fingerprint density at radius 3 is 1.85 bits per heavy atom. The van der Waals surface area contributed by atoms with Crippen molar-refractivity contribution in [2.24, 2.45) is 0 Å². The Hall–Kier alpha value is -0.0400. The molecule has 1 nitrogen and oxygen atoms in total. The molecule has 0 aliphatic rings. The third-order valence-electron chi connectivity index (χ3n) is 2.38. The van der Waals surface area contributed by atoms with Crippen molar-refractivity contribution in [3.8, 4) is 0 Å². The van der Waals surface area contributed by atoms with Crippen LogP contribution in [0.5, 0.6) is 0 Å². The Bertz CT molecular complexity index is 89.1. The Morgan fingerprint density at radius 2 is 1.38 bits per heavy atom. The van der Waals surface area contributed by atoms with Crippen molar-refractivity contribution in [3.63, 3.8) is 0 Å². The maximum absolute atomic E-state index is 10.6. The highest BCUT2D eigenvalue weighted by molar-refractivity contribution is 4.56. The van der Waals surface area contributed by atoms with Crippen LogP contribution < -0.4 is 0 Å². The minimum atomic E-state index is -0.597. The fraction of sp³-hybridized carbons (Fsp3) is 0.917. The Morgan fingerprint density at radius 1 is 0.923 bits per heavy atom. The van der Waals surface area contributed by atoms with Crippen LogP contribution in [-0.2, 0) is 5.11 Å². The molecular weight excluding hydrogens is 160 g/mol. The van der Waals surface area contributed by atoms with E-state index in [-0.39, 0.29) is 0 Å². The summed E-state index contributed by atoms with van der Waals surface area (Å²) in [6.07, 6.45) is 10.6. The van der Waals surface area contributed by atoms with Crippen LogP contribution in [0, 0.1) is 6.92 Å². The molecule has 78 valence electrons. The van der Waals surface area contributed by atoms with E-state index in [1.807, 2.05) is 0 Å². The van der Waals surface area contributed by atoms with E-state index in [9.17, 15) is 5.11 Å². The van der Waals surface area contributed by atoms with Gasteiger partial charge in [0.2, 0.25) is 0 Å². The maximum atomic E-state index is 10.6. The SMILES string of the molecule is [CH2]C([O])CCCCCCCCCC. The lowest BCUT2D eigenvalue weighted by Crippen LogP contribution is -1.96. The molecule has 0 saturated carbocycles. The van der Waals surface area contributed by atoms with Gasteiger partial charge >= 0.3 is 0 Å². The molecule has 0 heterocycles. The van der Waals surface area contributed by atoms with Crippen molar-refractivity contribution < 1.29 is 5.11 Å². The van der Waals surface area contributed by atoms with E-state index in [4.69, 9.17) is 0 Å². The van der Waals surface area contributed by atoms with Gasteiger partial charge < -0.3 is 0 Å². The lowest BCUT2D eigenvalue weighted by atomic mass is 10.1. The van der Waals surface area contributed by atoms with E-state index in [1.165, 1.54) is 44.9 Å². The fourth-order valence-corrected chi connectivity index (χ4v) is 1.51. The molecule has 13 heavy (non-hydrogen) atoms. The van der Waals surface area contributed by atoms with E-state index in [0.717, 1.165) is 12.8 Å². The smallest absolute Gasteiger partial charge is 0.0931 e. The van der Waals surface area contributed by atoms with E-state index in [2.05, 4.69) is 13.8 Å². The lowest BCUT2D eigenvalue weighted by Gasteiger charge is -2.02. The van der Waals surface area contributed by atoms with Gasteiger partial charge in [-0.3, -0.25) is 0 Å². The molecular formula is C12H24O. The van der Waals surface area contributed by atoms with Crippen LogP contribution in [-0.4, -0.2) is 6.10 Å². The predicted molar refractivity (Wildman–Crippen MR) is 57.1 cm³/mol. The van der Waals surface area contributed by atoms with Crippen molar-refractivity contribution in [1.29, 1.82) is 0 Å². The summed E-state index contributed by atoms with van der Waals surface area (Å²) < 4.78 is 0. The molecule has 0 amide bonds. The van der Waals surface area contributed by atoms with Gasteiger partial charge in [-0.15, -0.1) is 0 Å². The first-order chi connectivity index (χ1) is 6.27. The molecule has 0 aliphatic carbocycles. The predicted octanol–water partition coefficient (Wildman–Crippen LogP) is 4.15. The van der Waals surface area contributed by atoms with Crippen LogP contribution in [0.25, 0.3) is 0 Å². The van der Waals surface area contributed by atoms with Gasteiger partial charge in [0.05, 0.1) is 6.10 Å². The minimum absolute atomic E-state index is 0.597. The molecule has 0 N–H and O–H groups in total. The summed E-state index contributed by atoms with van der Waals surface area (Å²) in [5.74, 6) is 0. The highest BCUT2D eigenvalue weighted by Gasteiger charge is 1.96. The molecule has 0 fully saturated rings. The highest BCUT2D eigenvalue weighted by Crippen LogP contribution is 2.10. The highest BCUT2D eigenvalue weighted by atomic mass is 16.3. The van der Waals surface area contributed by atoms with Crippen LogP contribution in [0.2, 0.25) is 0 Å². The van der Waals surface area contributed by atoms with E-state index >= 15 is 0 Å².